The number of hydrogen-bond donors (Lipinski definition) is 2. The van der Waals surface area contributed by atoms with E-state index in [2.05, 4.69) is 5.32 Å². The lowest BCUT2D eigenvalue weighted by atomic mass is 10.0. The van der Waals surface area contributed by atoms with E-state index in [-0.39, 0.29) is 5.91 Å². The molecular weight excluding hydrogens is 248 g/mol. The number of amides is 1. The van der Waals surface area contributed by atoms with Gasteiger partial charge in [0.15, 0.2) is 0 Å². The molecule has 1 amide bonds. The molecule has 20 heavy (non-hydrogen) atoms. The summed E-state index contributed by atoms with van der Waals surface area (Å²) in [7, 11) is 0. The van der Waals surface area contributed by atoms with E-state index in [1.165, 1.54) is 0 Å². The standard InChI is InChI=1S/C17H20N2O/c1-3-14-6-4-5-7-15(14)17(20)19-16-10-13(11-18)9-8-12(16)2/h4-10H,3,11,18H2,1-2H3,(H,19,20). The summed E-state index contributed by atoms with van der Waals surface area (Å²) in [5, 5.41) is 2.98. The van der Waals surface area contributed by atoms with Gasteiger partial charge in [-0.05, 0) is 42.2 Å². The Balaban J connectivity index is 2.27. The van der Waals surface area contributed by atoms with Crippen molar-refractivity contribution in [3.8, 4) is 0 Å². The minimum Gasteiger partial charge on any atom is -0.326 e. The van der Waals surface area contributed by atoms with Crippen molar-refractivity contribution in [2.24, 2.45) is 5.73 Å². The van der Waals surface area contributed by atoms with Gasteiger partial charge in [0.05, 0.1) is 0 Å². The number of rotatable bonds is 4. The molecular formula is C17H20N2O. The molecule has 0 aliphatic carbocycles. The molecule has 2 aromatic rings. The predicted octanol–water partition coefficient (Wildman–Crippen LogP) is 3.27. The molecule has 0 saturated heterocycles. The first kappa shape index (κ1) is 14.3. The number of anilines is 1. The number of aryl methyl sites for hydroxylation is 2. The molecule has 0 bridgehead atoms. The summed E-state index contributed by atoms with van der Waals surface area (Å²) in [6.45, 7) is 4.49. The van der Waals surface area contributed by atoms with Gasteiger partial charge in [0.1, 0.15) is 0 Å². The molecule has 3 N–H and O–H groups in total. The first-order valence-electron chi connectivity index (χ1n) is 6.84. The Morgan fingerprint density at radius 3 is 2.65 bits per heavy atom. The van der Waals surface area contributed by atoms with Crippen LogP contribution in [0.2, 0.25) is 0 Å². The Labute approximate surface area is 119 Å². The Morgan fingerprint density at radius 1 is 1.20 bits per heavy atom. The monoisotopic (exact) mass is 268 g/mol. The number of carbonyl (C=O) groups excluding carboxylic acids is 1. The van der Waals surface area contributed by atoms with Gasteiger partial charge in [-0.2, -0.15) is 0 Å². The molecule has 0 aromatic heterocycles. The first-order chi connectivity index (χ1) is 9.65. The van der Waals surface area contributed by atoms with Crippen molar-refractivity contribution in [2.45, 2.75) is 26.8 Å². The van der Waals surface area contributed by atoms with Gasteiger partial charge in [-0.3, -0.25) is 4.79 Å². The third-order valence-corrected chi connectivity index (χ3v) is 3.43. The van der Waals surface area contributed by atoms with Crippen LogP contribution in [0.3, 0.4) is 0 Å². The predicted molar refractivity (Wildman–Crippen MR) is 82.8 cm³/mol. The van der Waals surface area contributed by atoms with Gasteiger partial charge >= 0.3 is 0 Å². The van der Waals surface area contributed by atoms with E-state index >= 15 is 0 Å². The Morgan fingerprint density at radius 2 is 1.95 bits per heavy atom. The molecule has 104 valence electrons. The molecule has 2 rings (SSSR count). The largest absolute Gasteiger partial charge is 0.326 e. The Hall–Kier alpha value is -2.13. The molecule has 3 heteroatoms. The molecule has 0 saturated carbocycles. The summed E-state index contributed by atoms with van der Waals surface area (Å²) in [4.78, 5) is 12.4. The lowest BCUT2D eigenvalue weighted by molar-refractivity contribution is 0.102. The van der Waals surface area contributed by atoms with Crippen LogP contribution in [0.4, 0.5) is 5.69 Å². The molecule has 0 aliphatic heterocycles. The topological polar surface area (TPSA) is 55.1 Å². The summed E-state index contributed by atoms with van der Waals surface area (Å²) >= 11 is 0. The van der Waals surface area contributed by atoms with Crippen LogP contribution in [0.1, 0.15) is 34.0 Å². The van der Waals surface area contributed by atoms with Gasteiger partial charge in [-0.15, -0.1) is 0 Å². The van der Waals surface area contributed by atoms with Gasteiger partial charge in [-0.1, -0.05) is 37.3 Å². The minimum absolute atomic E-state index is 0.0697. The molecule has 0 atom stereocenters. The lowest BCUT2D eigenvalue weighted by Gasteiger charge is -2.12. The molecule has 0 heterocycles. The molecule has 0 radical (unpaired) electrons. The fourth-order valence-electron chi connectivity index (χ4n) is 2.17. The van der Waals surface area contributed by atoms with Crippen LogP contribution < -0.4 is 11.1 Å². The zero-order valence-corrected chi connectivity index (χ0v) is 11.9. The van der Waals surface area contributed by atoms with E-state index in [1.54, 1.807) is 0 Å². The highest BCUT2D eigenvalue weighted by molar-refractivity contribution is 6.05. The summed E-state index contributed by atoms with van der Waals surface area (Å²) in [6, 6.07) is 13.6. The molecule has 2 aromatic carbocycles. The number of carbonyl (C=O) groups is 1. The van der Waals surface area contributed by atoms with Crippen LogP contribution in [-0.2, 0) is 13.0 Å². The van der Waals surface area contributed by atoms with E-state index in [9.17, 15) is 4.79 Å². The number of nitrogens with two attached hydrogens (primary N) is 1. The fraction of sp³-hybridized carbons (Fsp3) is 0.235. The third kappa shape index (κ3) is 3.06. The van der Waals surface area contributed by atoms with Crippen LogP contribution in [-0.4, -0.2) is 5.91 Å². The maximum Gasteiger partial charge on any atom is 0.255 e. The van der Waals surface area contributed by atoms with E-state index in [0.29, 0.717) is 6.54 Å². The van der Waals surface area contributed by atoms with Gasteiger partial charge in [0, 0.05) is 17.8 Å². The van der Waals surface area contributed by atoms with E-state index < -0.39 is 0 Å². The van der Waals surface area contributed by atoms with E-state index in [4.69, 9.17) is 5.73 Å². The highest BCUT2D eigenvalue weighted by atomic mass is 16.1. The van der Waals surface area contributed by atoms with Crippen LogP contribution in [0.25, 0.3) is 0 Å². The third-order valence-electron chi connectivity index (χ3n) is 3.43. The number of nitrogens with one attached hydrogen (secondary N) is 1. The molecule has 0 spiro atoms. The second kappa shape index (κ2) is 6.35. The quantitative estimate of drug-likeness (QED) is 0.894. The van der Waals surface area contributed by atoms with Crippen molar-refractivity contribution < 1.29 is 4.79 Å². The Kier molecular flexibility index (Phi) is 4.53. The van der Waals surface area contributed by atoms with Crippen LogP contribution in [0, 0.1) is 6.92 Å². The lowest BCUT2D eigenvalue weighted by Crippen LogP contribution is -2.15. The second-order valence-corrected chi connectivity index (χ2v) is 4.82. The van der Waals surface area contributed by atoms with E-state index in [0.717, 1.165) is 34.4 Å². The van der Waals surface area contributed by atoms with Crippen molar-refractivity contribution in [1.82, 2.24) is 0 Å². The Bertz CT molecular complexity index is 620. The average molecular weight is 268 g/mol. The van der Waals surface area contributed by atoms with Gasteiger partial charge in [0.25, 0.3) is 5.91 Å². The SMILES string of the molecule is CCc1ccccc1C(=O)Nc1cc(CN)ccc1C. The minimum atomic E-state index is -0.0697. The maximum absolute atomic E-state index is 12.4. The summed E-state index contributed by atoms with van der Waals surface area (Å²) in [5.74, 6) is -0.0697. The zero-order valence-electron chi connectivity index (χ0n) is 11.9. The van der Waals surface area contributed by atoms with Gasteiger partial charge in [-0.25, -0.2) is 0 Å². The van der Waals surface area contributed by atoms with Crippen LogP contribution >= 0.6 is 0 Å². The average Bonchev–Trinajstić information content (AvgIpc) is 2.49. The second-order valence-electron chi connectivity index (χ2n) is 4.82. The summed E-state index contributed by atoms with van der Waals surface area (Å²) in [6.07, 6.45) is 0.839. The maximum atomic E-state index is 12.4. The highest BCUT2D eigenvalue weighted by Crippen LogP contribution is 2.19. The number of hydrogen-bond acceptors (Lipinski definition) is 2. The molecule has 0 fully saturated rings. The summed E-state index contributed by atoms with van der Waals surface area (Å²) in [5.41, 5.74) is 10.3. The van der Waals surface area contributed by atoms with Crippen molar-refractivity contribution in [1.29, 1.82) is 0 Å². The van der Waals surface area contributed by atoms with E-state index in [1.807, 2.05) is 56.3 Å². The summed E-state index contributed by atoms with van der Waals surface area (Å²) < 4.78 is 0. The van der Waals surface area contributed by atoms with Crippen molar-refractivity contribution >= 4 is 11.6 Å². The van der Waals surface area contributed by atoms with Gasteiger partial charge in [0.2, 0.25) is 0 Å². The smallest absolute Gasteiger partial charge is 0.255 e. The number of benzene rings is 2. The van der Waals surface area contributed by atoms with Crippen molar-refractivity contribution in [2.75, 3.05) is 5.32 Å². The molecule has 0 aliphatic rings. The highest BCUT2D eigenvalue weighted by Gasteiger charge is 2.11. The van der Waals surface area contributed by atoms with Crippen molar-refractivity contribution in [3.05, 3.63) is 64.7 Å². The normalized spacial score (nSPS) is 10.3. The first-order valence-corrected chi connectivity index (χ1v) is 6.84. The fourth-order valence-corrected chi connectivity index (χ4v) is 2.17. The molecule has 0 unspecified atom stereocenters. The van der Waals surface area contributed by atoms with Crippen LogP contribution in [0.5, 0.6) is 0 Å². The van der Waals surface area contributed by atoms with Crippen LogP contribution in [0.15, 0.2) is 42.5 Å². The molecule has 3 nitrogen and oxygen atoms in total. The van der Waals surface area contributed by atoms with Crippen molar-refractivity contribution in [3.63, 3.8) is 0 Å². The van der Waals surface area contributed by atoms with Gasteiger partial charge < -0.3 is 11.1 Å². The zero-order chi connectivity index (χ0) is 14.5.